The van der Waals surface area contributed by atoms with Crippen LogP contribution in [0.15, 0.2) is 59.0 Å². The number of fused-ring (bicyclic) bond motifs is 1. The Bertz CT molecular complexity index is 754. The summed E-state index contributed by atoms with van der Waals surface area (Å²) in [5.74, 6) is -0.333. The molecule has 0 atom stereocenters. The number of carbonyl (C=O) groups excluding carboxylic acids is 2. The molecule has 0 aromatic heterocycles. The van der Waals surface area contributed by atoms with E-state index < -0.39 is 0 Å². The molecule has 4 heteroatoms. The molecule has 1 aromatic rings. The summed E-state index contributed by atoms with van der Waals surface area (Å²) in [7, 11) is 4.09. The SMILES string of the molecule is CC1=CC(=C2C(=O)c3ccccc3C2=O)C=C(C)N1CCN(C)C. The van der Waals surface area contributed by atoms with E-state index in [0.29, 0.717) is 16.7 Å². The Kier molecular flexibility index (Phi) is 4.24. The highest BCUT2D eigenvalue weighted by molar-refractivity contribution is 6.40. The second-order valence-electron chi connectivity index (χ2n) is 6.56. The van der Waals surface area contributed by atoms with Crippen molar-refractivity contribution in [1.82, 2.24) is 9.80 Å². The van der Waals surface area contributed by atoms with E-state index in [1.54, 1.807) is 24.3 Å². The molecule has 1 heterocycles. The maximum absolute atomic E-state index is 12.7. The number of likely N-dealkylation sites (N-methyl/N-ethyl adjacent to an activating group) is 1. The minimum absolute atomic E-state index is 0.166. The molecule has 1 aliphatic heterocycles. The summed E-state index contributed by atoms with van der Waals surface area (Å²) >= 11 is 0. The van der Waals surface area contributed by atoms with Crippen molar-refractivity contribution in [2.24, 2.45) is 0 Å². The molecule has 0 saturated carbocycles. The maximum Gasteiger partial charge on any atom is 0.198 e. The van der Waals surface area contributed by atoms with E-state index in [1.165, 1.54) is 0 Å². The molecule has 1 aromatic carbocycles. The molecule has 1 aliphatic carbocycles. The molecular formula is C20H22N2O2. The van der Waals surface area contributed by atoms with Gasteiger partial charge in [0.2, 0.25) is 0 Å². The van der Waals surface area contributed by atoms with E-state index in [1.807, 2.05) is 40.1 Å². The Balaban J connectivity index is 1.99. The number of ketones is 2. The van der Waals surface area contributed by atoms with Gasteiger partial charge >= 0.3 is 0 Å². The molecular weight excluding hydrogens is 300 g/mol. The first-order valence-electron chi connectivity index (χ1n) is 8.11. The molecule has 0 N–H and O–H groups in total. The normalized spacial score (nSPS) is 17.5. The highest BCUT2D eigenvalue weighted by Crippen LogP contribution is 2.32. The quantitative estimate of drug-likeness (QED) is 0.633. The number of carbonyl (C=O) groups is 2. The second-order valence-corrected chi connectivity index (χ2v) is 6.56. The third-order valence-corrected chi connectivity index (χ3v) is 4.51. The van der Waals surface area contributed by atoms with Crippen LogP contribution in [-0.4, -0.2) is 48.6 Å². The van der Waals surface area contributed by atoms with Gasteiger partial charge in [0.05, 0.1) is 5.57 Å². The molecule has 124 valence electrons. The summed E-state index contributed by atoms with van der Waals surface area (Å²) in [6, 6.07) is 7.04. The van der Waals surface area contributed by atoms with E-state index in [0.717, 1.165) is 30.1 Å². The number of benzene rings is 1. The number of hydrogen-bond acceptors (Lipinski definition) is 4. The van der Waals surface area contributed by atoms with E-state index in [9.17, 15) is 9.59 Å². The molecule has 0 radical (unpaired) electrons. The Morgan fingerprint density at radius 3 is 1.88 bits per heavy atom. The largest absolute Gasteiger partial charge is 0.348 e. The average molecular weight is 322 g/mol. The van der Waals surface area contributed by atoms with Crippen molar-refractivity contribution in [2.75, 3.05) is 27.2 Å². The molecule has 0 spiro atoms. The van der Waals surface area contributed by atoms with Crippen molar-refractivity contribution in [3.63, 3.8) is 0 Å². The van der Waals surface area contributed by atoms with Gasteiger partial charge in [0.25, 0.3) is 0 Å². The lowest BCUT2D eigenvalue weighted by molar-refractivity contribution is 0.0988. The van der Waals surface area contributed by atoms with E-state index in [4.69, 9.17) is 0 Å². The third-order valence-electron chi connectivity index (χ3n) is 4.51. The summed E-state index contributed by atoms with van der Waals surface area (Å²) in [5, 5.41) is 0. The molecule has 0 unspecified atom stereocenters. The summed E-state index contributed by atoms with van der Waals surface area (Å²) < 4.78 is 0. The van der Waals surface area contributed by atoms with Gasteiger partial charge in [-0.25, -0.2) is 0 Å². The van der Waals surface area contributed by atoms with Gasteiger partial charge in [-0.3, -0.25) is 9.59 Å². The van der Waals surface area contributed by atoms with Gasteiger partial charge in [-0.15, -0.1) is 0 Å². The first-order valence-corrected chi connectivity index (χ1v) is 8.11. The predicted octanol–water partition coefficient (Wildman–Crippen LogP) is 3.05. The minimum atomic E-state index is -0.166. The van der Waals surface area contributed by atoms with Crippen molar-refractivity contribution in [2.45, 2.75) is 13.8 Å². The lowest BCUT2D eigenvalue weighted by atomic mass is 9.98. The van der Waals surface area contributed by atoms with Crippen LogP contribution in [0.2, 0.25) is 0 Å². The lowest BCUT2D eigenvalue weighted by Gasteiger charge is -2.31. The fourth-order valence-electron chi connectivity index (χ4n) is 3.24. The van der Waals surface area contributed by atoms with Gasteiger partial charge in [-0.2, -0.15) is 0 Å². The van der Waals surface area contributed by atoms with Crippen LogP contribution in [0.3, 0.4) is 0 Å². The molecule has 4 nitrogen and oxygen atoms in total. The number of Topliss-reactive ketones (excluding diaryl/α,β-unsaturated/α-hetero) is 2. The number of nitrogens with zero attached hydrogens (tertiary/aromatic N) is 2. The Morgan fingerprint density at radius 2 is 1.42 bits per heavy atom. The molecule has 2 aliphatic rings. The van der Waals surface area contributed by atoms with Crippen molar-refractivity contribution in [3.05, 3.63) is 70.1 Å². The Labute approximate surface area is 142 Å². The molecule has 3 rings (SSSR count). The zero-order valence-corrected chi connectivity index (χ0v) is 14.6. The van der Waals surface area contributed by atoms with Gasteiger partial charge in [0.1, 0.15) is 0 Å². The molecule has 24 heavy (non-hydrogen) atoms. The van der Waals surface area contributed by atoms with E-state index >= 15 is 0 Å². The van der Waals surface area contributed by atoms with Crippen LogP contribution >= 0.6 is 0 Å². The molecule has 0 fully saturated rings. The summed E-state index contributed by atoms with van der Waals surface area (Å²) in [6.45, 7) is 5.85. The van der Waals surface area contributed by atoms with Crippen LogP contribution in [0.4, 0.5) is 0 Å². The monoisotopic (exact) mass is 322 g/mol. The maximum atomic E-state index is 12.7. The standard InChI is InChI=1S/C20H22N2O2/c1-13-11-15(12-14(2)22(13)10-9-21(3)4)18-19(23)16-7-5-6-8-17(16)20(18)24/h5-8,11-12H,9-10H2,1-4H3. The molecule has 0 bridgehead atoms. The zero-order valence-electron chi connectivity index (χ0n) is 14.6. The van der Waals surface area contributed by atoms with Crippen LogP contribution in [0, 0.1) is 0 Å². The van der Waals surface area contributed by atoms with Crippen LogP contribution in [0.25, 0.3) is 0 Å². The Morgan fingerprint density at radius 1 is 0.917 bits per heavy atom. The number of rotatable bonds is 3. The summed E-state index contributed by atoms with van der Waals surface area (Å²) in [4.78, 5) is 29.7. The topological polar surface area (TPSA) is 40.6 Å². The predicted molar refractivity (Wildman–Crippen MR) is 94.9 cm³/mol. The van der Waals surface area contributed by atoms with E-state index in [-0.39, 0.29) is 11.6 Å². The van der Waals surface area contributed by atoms with Crippen molar-refractivity contribution in [1.29, 1.82) is 0 Å². The zero-order chi connectivity index (χ0) is 17.4. The second kappa shape index (κ2) is 6.21. The van der Waals surface area contributed by atoms with Gasteiger partial charge in [0, 0.05) is 35.6 Å². The molecule has 0 amide bonds. The Hall–Kier alpha value is -2.46. The minimum Gasteiger partial charge on any atom is -0.348 e. The number of hydrogen-bond donors (Lipinski definition) is 0. The summed E-state index contributed by atoms with van der Waals surface area (Å²) in [5.41, 5.74) is 4.14. The van der Waals surface area contributed by atoms with Crippen LogP contribution in [-0.2, 0) is 0 Å². The lowest BCUT2D eigenvalue weighted by Crippen LogP contribution is -2.30. The van der Waals surface area contributed by atoms with Crippen molar-refractivity contribution >= 4 is 11.6 Å². The fraction of sp³-hybridized carbons (Fsp3) is 0.300. The average Bonchev–Trinajstić information content (AvgIpc) is 2.78. The fourth-order valence-corrected chi connectivity index (χ4v) is 3.24. The van der Waals surface area contributed by atoms with E-state index in [2.05, 4.69) is 9.80 Å². The first-order chi connectivity index (χ1) is 11.4. The van der Waals surface area contributed by atoms with Crippen LogP contribution in [0.1, 0.15) is 34.6 Å². The van der Waals surface area contributed by atoms with Crippen LogP contribution in [0.5, 0.6) is 0 Å². The molecule has 0 saturated heterocycles. The first kappa shape index (κ1) is 16.4. The smallest absolute Gasteiger partial charge is 0.198 e. The summed E-state index contributed by atoms with van der Waals surface area (Å²) in [6.07, 6.45) is 3.89. The van der Waals surface area contributed by atoms with Gasteiger partial charge < -0.3 is 9.80 Å². The van der Waals surface area contributed by atoms with Crippen molar-refractivity contribution < 1.29 is 9.59 Å². The van der Waals surface area contributed by atoms with Gasteiger partial charge in [-0.05, 0) is 45.7 Å². The third kappa shape index (κ3) is 2.74. The van der Waals surface area contributed by atoms with Gasteiger partial charge in [0.15, 0.2) is 11.6 Å². The highest BCUT2D eigenvalue weighted by atomic mass is 16.2. The van der Waals surface area contributed by atoms with Crippen molar-refractivity contribution in [3.8, 4) is 0 Å². The van der Waals surface area contributed by atoms with Gasteiger partial charge in [-0.1, -0.05) is 24.3 Å². The highest BCUT2D eigenvalue weighted by Gasteiger charge is 2.35. The van der Waals surface area contributed by atoms with Crippen LogP contribution < -0.4 is 0 Å². The number of allylic oxidation sites excluding steroid dienone is 6.